The Bertz CT molecular complexity index is 514. The molecular formula is C10H10F3N3O3. The largest absolute Gasteiger partial charge is 0.415 e. The van der Waals surface area contributed by atoms with E-state index < -0.39 is 28.2 Å². The second-order valence-corrected chi connectivity index (χ2v) is 3.93. The van der Waals surface area contributed by atoms with Gasteiger partial charge < -0.3 is 11.1 Å². The summed E-state index contributed by atoms with van der Waals surface area (Å²) in [6.45, 7) is 0.483. The second kappa shape index (κ2) is 4.84. The van der Waals surface area contributed by atoms with Gasteiger partial charge in [0.15, 0.2) is 5.54 Å². The van der Waals surface area contributed by atoms with Crippen LogP contribution in [-0.4, -0.2) is 22.5 Å². The third kappa shape index (κ3) is 2.99. The van der Waals surface area contributed by atoms with Gasteiger partial charge >= 0.3 is 6.18 Å². The minimum atomic E-state index is -4.97. The highest BCUT2D eigenvalue weighted by Gasteiger charge is 2.54. The molecule has 104 valence electrons. The predicted molar refractivity (Wildman–Crippen MR) is 60.4 cm³/mol. The number of anilines is 1. The Morgan fingerprint density at radius 2 is 1.89 bits per heavy atom. The van der Waals surface area contributed by atoms with E-state index in [-0.39, 0.29) is 5.69 Å². The fourth-order valence-corrected chi connectivity index (χ4v) is 1.12. The van der Waals surface area contributed by atoms with E-state index in [4.69, 9.17) is 5.73 Å². The maximum Gasteiger partial charge on any atom is 0.415 e. The Morgan fingerprint density at radius 1 is 1.37 bits per heavy atom. The molecule has 1 aromatic carbocycles. The smallest absolute Gasteiger partial charge is 0.318 e. The van der Waals surface area contributed by atoms with Crippen molar-refractivity contribution in [1.29, 1.82) is 0 Å². The highest BCUT2D eigenvalue weighted by molar-refractivity contribution is 5.99. The lowest BCUT2D eigenvalue weighted by atomic mass is 10.0. The number of nitro benzene ring substituents is 1. The van der Waals surface area contributed by atoms with Crippen LogP contribution in [0.5, 0.6) is 0 Å². The highest BCUT2D eigenvalue weighted by Crippen LogP contribution is 2.30. The molecule has 0 heterocycles. The van der Waals surface area contributed by atoms with Gasteiger partial charge in [-0.15, -0.1) is 0 Å². The molecule has 0 saturated carbocycles. The molecule has 0 aliphatic rings. The molecule has 3 N–H and O–H groups in total. The number of alkyl halides is 3. The number of para-hydroxylation sites is 2. The molecule has 0 spiro atoms. The minimum absolute atomic E-state index is 0.349. The van der Waals surface area contributed by atoms with Crippen LogP contribution in [0, 0.1) is 10.1 Å². The number of rotatable bonds is 3. The van der Waals surface area contributed by atoms with Crippen LogP contribution in [0.1, 0.15) is 6.92 Å². The SMILES string of the molecule is CC(N)(C(=O)Nc1ccccc1[N+](=O)[O-])C(F)(F)F. The summed E-state index contributed by atoms with van der Waals surface area (Å²) < 4.78 is 37.6. The molecule has 0 radical (unpaired) electrons. The van der Waals surface area contributed by atoms with Crippen molar-refractivity contribution in [2.24, 2.45) is 5.73 Å². The molecule has 0 fully saturated rings. The summed E-state index contributed by atoms with van der Waals surface area (Å²) in [6.07, 6.45) is -4.97. The Hall–Kier alpha value is -2.16. The van der Waals surface area contributed by atoms with Crippen molar-refractivity contribution < 1.29 is 22.9 Å². The first-order chi connectivity index (χ1) is 8.57. The summed E-state index contributed by atoms with van der Waals surface area (Å²) in [6, 6.07) is 4.82. The molecule has 1 aromatic rings. The van der Waals surface area contributed by atoms with Gasteiger partial charge in [-0.05, 0) is 13.0 Å². The highest BCUT2D eigenvalue weighted by atomic mass is 19.4. The van der Waals surface area contributed by atoms with E-state index in [1.165, 1.54) is 12.1 Å². The fourth-order valence-electron chi connectivity index (χ4n) is 1.12. The van der Waals surface area contributed by atoms with Gasteiger partial charge in [-0.2, -0.15) is 13.2 Å². The third-order valence-electron chi connectivity index (χ3n) is 2.41. The number of nitro groups is 1. The van der Waals surface area contributed by atoms with Crippen LogP contribution in [0.15, 0.2) is 24.3 Å². The van der Waals surface area contributed by atoms with Gasteiger partial charge in [-0.3, -0.25) is 14.9 Å². The van der Waals surface area contributed by atoms with E-state index in [0.29, 0.717) is 6.92 Å². The Morgan fingerprint density at radius 3 is 2.37 bits per heavy atom. The first-order valence-electron chi connectivity index (χ1n) is 4.98. The Balaban J connectivity index is 3.05. The molecule has 0 saturated heterocycles. The van der Waals surface area contributed by atoms with Gasteiger partial charge in [0, 0.05) is 6.07 Å². The zero-order valence-electron chi connectivity index (χ0n) is 9.69. The topological polar surface area (TPSA) is 98.3 Å². The fraction of sp³-hybridized carbons (Fsp3) is 0.300. The van der Waals surface area contributed by atoms with Crippen LogP contribution < -0.4 is 11.1 Å². The van der Waals surface area contributed by atoms with Gasteiger partial charge in [-0.25, -0.2) is 0 Å². The molecule has 0 aromatic heterocycles. The third-order valence-corrected chi connectivity index (χ3v) is 2.41. The van der Waals surface area contributed by atoms with Crippen LogP contribution in [0.25, 0.3) is 0 Å². The quantitative estimate of drug-likeness (QED) is 0.650. The molecule has 1 unspecified atom stereocenters. The number of carbonyl (C=O) groups excluding carboxylic acids is 1. The monoisotopic (exact) mass is 277 g/mol. The summed E-state index contributed by atoms with van der Waals surface area (Å²) in [7, 11) is 0. The van der Waals surface area contributed by atoms with Crippen molar-refractivity contribution in [3.8, 4) is 0 Å². The maximum atomic E-state index is 12.5. The number of hydrogen-bond acceptors (Lipinski definition) is 4. The van der Waals surface area contributed by atoms with Gasteiger partial charge in [0.1, 0.15) is 5.69 Å². The van der Waals surface area contributed by atoms with Crippen molar-refractivity contribution in [3.05, 3.63) is 34.4 Å². The zero-order chi connectivity index (χ0) is 14.8. The predicted octanol–water partition coefficient (Wildman–Crippen LogP) is 1.81. The normalized spacial score (nSPS) is 14.6. The van der Waals surface area contributed by atoms with Crippen molar-refractivity contribution in [2.75, 3.05) is 5.32 Å². The zero-order valence-corrected chi connectivity index (χ0v) is 9.69. The van der Waals surface area contributed by atoms with Gasteiger partial charge in [-0.1, -0.05) is 12.1 Å². The number of amides is 1. The van der Waals surface area contributed by atoms with E-state index in [9.17, 15) is 28.1 Å². The molecule has 0 aliphatic heterocycles. The number of halogens is 3. The number of nitrogens with two attached hydrogens (primary N) is 1. The molecule has 9 heteroatoms. The van der Waals surface area contributed by atoms with Crippen molar-refractivity contribution >= 4 is 17.3 Å². The lowest BCUT2D eigenvalue weighted by molar-refractivity contribution is -0.383. The van der Waals surface area contributed by atoms with E-state index in [1.807, 2.05) is 5.32 Å². The van der Waals surface area contributed by atoms with E-state index >= 15 is 0 Å². The van der Waals surface area contributed by atoms with E-state index in [1.54, 1.807) is 0 Å². The van der Waals surface area contributed by atoms with Gasteiger partial charge in [0.2, 0.25) is 0 Å². The van der Waals surface area contributed by atoms with Crippen molar-refractivity contribution in [1.82, 2.24) is 0 Å². The summed E-state index contributed by atoms with van der Waals surface area (Å²) in [5.74, 6) is -1.57. The molecule has 1 atom stereocenters. The Labute approximate surface area is 105 Å². The van der Waals surface area contributed by atoms with Crippen molar-refractivity contribution in [3.63, 3.8) is 0 Å². The summed E-state index contributed by atoms with van der Waals surface area (Å²) >= 11 is 0. The van der Waals surface area contributed by atoms with Crippen LogP contribution in [0.4, 0.5) is 24.5 Å². The number of nitrogens with zero attached hydrogens (tertiary/aromatic N) is 1. The van der Waals surface area contributed by atoms with E-state index in [2.05, 4.69) is 0 Å². The van der Waals surface area contributed by atoms with Crippen LogP contribution in [-0.2, 0) is 4.79 Å². The summed E-state index contributed by atoms with van der Waals surface area (Å²) in [5, 5.41) is 12.5. The number of carbonyl (C=O) groups is 1. The molecule has 0 aliphatic carbocycles. The van der Waals surface area contributed by atoms with Crippen molar-refractivity contribution in [2.45, 2.75) is 18.6 Å². The maximum absolute atomic E-state index is 12.5. The van der Waals surface area contributed by atoms with Crippen LogP contribution in [0.2, 0.25) is 0 Å². The van der Waals surface area contributed by atoms with Gasteiger partial charge in [0.05, 0.1) is 4.92 Å². The molecule has 0 bridgehead atoms. The lowest BCUT2D eigenvalue weighted by Crippen LogP contribution is -2.59. The minimum Gasteiger partial charge on any atom is -0.318 e. The number of nitrogens with one attached hydrogen (secondary N) is 1. The van der Waals surface area contributed by atoms with Gasteiger partial charge in [0.25, 0.3) is 11.6 Å². The lowest BCUT2D eigenvalue weighted by Gasteiger charge is -2.25. The van der Waals surface area contributed by atoms with Crippen LogP contribution >= 0.6 is 0 Å². The average Bonchev–Trinajstić information content (AvgIpc) is 2.27. The average molecular weight is 277 g/mol. The molecule has 19 heavy (non-hydrogen) atoms. The number of benzene rings is 1. The number of hydrogen-bond donors (Lipinski definition) is 2. The van der Waals surface area contributed by atoms with Crippen LogP contribution in [0.3, 0.4) is 0 Å². The van der Waals surface area contributed by atoms with E-state index in [0.717, 1.165) is 12.1 Å². The molecular weight excluding hydrogens is 267 g/mol. The molecule has 6 nitrogen and oxygen atoms in total. The second-order valence-electron chi connectivity index (χ2n) is 3.93. The Kier molecular flexibility index (Phi) is 3.80. The molecule has 1 rings (SSSR count). The standard InChI is InChI=1S/C10H10F3N3O3/c1-9(14,10(11,12)13)8(17)15-6-4-2-3-5-7(6)16(18)19/h2-5H,14H2,1H3,(H,15,17). The summed E-state index contributed by atoms with van der Waals surface area (Å²) in [5.41, 5.74) is 0.894. The first kappa shape index (κ1) is 14.9. The molecule has 1 amide bonds. The summed E-state index contributed by atoms with van der Waals surface area (Å²) in [4.78, 5) is 21.3. The first-order valence-corrected chi connectivity index (χ1v) is 4.98.